The van der Waals surface area contributed by atoms with E-state index >= 15 is 0 Å². The third-order valence-electron chi connectivity index (χ3n) is 5.35. The molecule has 0 saturated carbocycles. The van der Waals surface area contributed by atoms with Crippen LogP contribution in [0.25, 0.3) is 27.8 Å². The van der Waals surface area contributed by atoms with Gasteiger partial charge in [0.15, 0.2) is 5.65 Å². The van der Waals surface area contributed by atoms with Gasteiger partial charge >= 0.3 is 0 Å². The molecule has 0 aliphatic heterocycles. The predicted molar refractivity (Wildman–Crippen MR) is 142 cm³/mol. The zero-order valence-electron chi connectivity index (χ0n) is 19.1. The standard InChI is InChI=1S/C9H10N2.C8H9N3.C8H8N2.2CH4/c1-7-10-8-5-3-4-6-9(8)11(7)2;1-6-10-7-4-3-5-9-8(7)11(6)2;1-7-6-10-5-3-2-4-8(10)9-7;;/h3-6H,1-2H3;3-5H,1-2H3;2-6H,1H3;2*1H4. The zero-order valence-corrected chi connectivity index (χ0v) is 19.1. The summed E-state index contributed by atoms with van der Waals surface area (Å²) in [7, 11) is 4.00. The number of nitrogens with zero attached hydrogens (tertiary/aromatic N) is 7. The molecular weight excluding hydrogens is 422 g/mol. The molecule has 5 aromatic heterocycles. The summed E-state index contributed by atoms with van der Waals surface area (Å²) in [4.78, 5) is 17.2. The van der Waals surface area contributed by atoms with Crippen molar-refractivity contribution in [3.8, 4) is 0 Å². The maximum Gasteiger partial charge on any atom is 0.159 e. The van der Waals surface area contributed by atoms with Crippen molar-refractivity contribution in [3.63, 3.8) is 0 Å². The third kappa shape index (κ3) is 5.49. The first kappa shape index (κ1) is 26.3. The molecule has 0 unspecified atom stereocenters. The fourth-order valence-electron chi connectivity index (χ4n) is 3.46. The topological polar surface area (TPSA) is 65.8 Å². The minimum absolute atomic E-state index is 0. The second kappa shape index (κ2) is 11.2. The minimum atomic E-state index is 0. The molecule has 7 nitrogen and oxygen atoms in total. The van der Waals surface area contributed by atoms with Gasteiger partial charge in [-0.3, -0.25) is 0 Å². The van der Waals surface area contributed by atoms with Crippen molar-refractivity contribution in [1.29, 1.82) is 0 Å². The first-order chi connectivity index (χ1) is 15.4. The second-order valence-electron chi connectivity index (χ2n) is 7.62. The van der Waals surface area contributed by atoms with E-state index in [-0.39, 0.29) is 14.9 Å². The van der Waals surface area contributed by atoms with Crippen LogP contribution in [0.2, 0.25) is 0 Å². The molecule has 7 heteroatoms. The van der Waals surface area contributed by atoms with Crippen molar-refractivity contribution in [2.75, 3.05) is 0 Å². The highest BCUT2D eigenvalue weighted by molar-refractivity contribution is 5.75. The lowest BCUT2D eigenvalue weighted by Gasteiger charge is -1.93. The van der Waals surface area contributed by atoms with Gasteiger partial charge in [-0.05, 0) is 57.2 Å². The Labute approximate surface area is 201 Å². The summed E-state index contributed by atoms with van der Waals surface area (Å²) in [5, 5.41) is 0. The molecule has 6 aromatic rings. The Balaban J connectivity index is 0.000000175. The molecule has 0 bridgehead atoms. The van der Waals surface area contributed by atoms with E-state index < -0.39 is 0 Å². The summed E-state index contributed by atoms with van der Waals surface area (Å²) >= 11 is 0. The number of aromatic nitrogens is 7. The van der Waals surface area contributed by atoms with E-state index in [4.69, 9.17) is 0 Å². The molecule has 0 radical (unpaired) electrons. The molecular formula is C27H35N7. The molecule has 6 rings (SSSR count). The molecule has 0 fully saturated rings. The van der Waals surface area contributed by atoms with E-state index in [9.17, 15) is 0 Å². The molecule has 178 valence electrons. The fraction of sp³-hybridized carbons (Fsp3) is 0.259. The van der Waals surface area contributed by atoms with Crippen LogP contribution in [-0.4, -0.2) is 33.5 Å². The number of imidazole rings is 3. The van der Waals surface area contributed by atoms with Crippen molar-refractivity contribution >= 4 is 27.8 Å². The largest absolute Gasteiger partial charge is 0.331 e. The van der Waals surface area contributed by atoms with Crippen LogP contribution in [0, 0.1) is 20.8 Å². The lowest BCUT2D eigenvalue weighted by Crippen LogP contribution is -1.91. The first-order valence-corrected chi connectivity index (χ1v) is 10.5. The second-order valence-corrected chi connectivity index (χ2v) is 7.62. The Morgan fingerprint density at radius 1 is 0.676 bits per heavy atom. The Morgan fingerprint density at radius 2 is 1.32 bits per heavy atom. The van der Waals surface area contributed by atoms with E-state index in [1.54, 1.807) is 6.20 Å². The van der Waals surface area contributed by atoms with Crippen LogP contribution < -0.4 is 0 Å². The van der Waals surface area contributed by atoms with Gasteiger partial charge in [0.2, 0.25) is 0 Å². The van der Waals surface area contributed by atoms with Gasteiger partial charge in [0.25, 0.3) is 0 Å². The van der Waals surface area contributed by atoms with E-state index in [0.717, 1.165) is 39.7 Å². The lowest BCUT2D eigenvalue weighted by atomic mass is 10.3. The highest BCUT2D eigenvalue weighted by Gasteiger charge is 2.02. The monoisotopic (exact) mass is 457 g/mol. The van der Waals surface area contributed by atoms with Gasteiger partial charge in [0, 0.05) is 32.7 Å². The molecule has 0 saturated heterocycles. The normalized spacial score (nSPS) is 10.0. The van der Waals surface area contributed by atoms with Crippen molar-refractivity contribution in [2.45, 2.75) is 35.6 Å². The summed E-state index contributed by atoms with van der Waals surface area (Å²) in [5.74, 6) is 2.06. The lowest BCUT2D eigenvalue weighted by molar-refractivity contribution is 0.874. The fourth-order valence-corrected chi connectivity index (χ4v) is 3.46. The molecule has 34 heavy (non-hydrogen) atoms. The molecule has 0 aliphatic rings. The number of hydrogen-bond donors (Lipinski definition) is 0. The predicted octanol–water partition coefficient (Wildman–Crippen LogP) is 6.07. The quantitative estimate of drug-likeness (QED) is 0.277. The van der Waals surface area contributed by atoms with Gasteiger partial charge in [-0.2, -0.15) is 0 Å². The van der Waals surface area contributed by atoms with Crippen molar-refractivity contribution < 1.29 is 0 Å². The number of pyridine rings is 2. The van der Waals surface area contributed by atoms with Crippen LogP contribution >= 0.6 is 0 Å². The van der Waals surface area contributed by atoms with Gasteiger partial charge in [0.05, 0.1) is 16.7 Å². The smallest absolute Gasteiger partial charge is 0.159 e. The Bertz CT molecular complexity index is 1380. The minimum Gasteiger partial charge on any atom is -0.331 e. The third-order valence-corrected chi connectivity index (χ3v) is 5.35. The summed E-state index contributed by atoms with van der Waals surface area (Å²) < 4.78 is 6.08. The average Bonchev–Trinajstić information content (AvgIpc) is 3.42. The van der Waals surface area contributed by atoms with Crippen molar-refractivity contribution in [3.05, 3.63) is 90.5 Å². The molecule has 5 heterocycles. The van der Waals surface area contributed by atoms with Gasteiger partial charge in [-0.15, -0.1) is 0 Å². The van der Waals surface area contributed by atoms with Crippen molar-refractivity contribution in [2.24, 2.45) is 14.1 Å². The van der Waals surface area contributed by atoms with E-state index in [0.29, 0.717) is 0 Å². The summed E-state index contributed by atoms with van der Waals surface area (Å²) in [6.07, 6.45) is 5.79. The molecule has 0 spiro atoms. The Hall–Kier alpha value is -4.00. The van der Waals surface area contributed by atoms with Crippen LogP contribution in [0.4, 0.5) is 0 Å². The van der Waals surface area contributed by atoms with E-state index in [2.05, 4.69) is 30.6 Å². The van der Waals surface area contributed by atoms with Gasteiger partial charge in [-0.25, -0.2) is 19.9 Å². The SMILES string of the molecule is C.C.Cc1cn2ccccc2n1.Cc1nc2ccccc2n1C.Cc1nc2cccnc2n1C. The van der Waals surface area contributed by atoms with E-state index in [1.165, 1.54) is 5.52 Å². The highest BCUT2D eigenvalue weighted by Crippen LogP contribution is 2.12. The average molecular weight is 458 g/mol. The molecule has 0 aliphatic carbocycles. The van der Waals surface area contributed by atoms with Crippen LogP contribution in [-0.2, 0) is 14.1 Å². The summed E-state index contributed by atoms with van der Waals surface area (Å²) in [5.41, 5.74) is 6.27. The maximum absolute atomic E-state index is 4.38. The van der Waals surface area contributed by atoms with Crippen LogP contribution in [0.1, 0.15) is 32.2 Å². The number of aryl methyl sites for hydroxylation is 5. The van der Waals surface area contributed by atoms with Gasteiger partial charge < -0.3 is 13.5 Å². The number of fused-ring (bicyclic) bond motifs is 3. The number of benzene rings is 1. The van der Waals surface area contributed by atoms with Crippen molar-refractivity contribution in [1.82, 2.24) is 33.5 Å². The van der Waals surface area contributed by atoms with Gasteiger partial charge in [-0.1, -0.05) is 33.1 Å². The van der Waals surface area contributed by atoms with E-state index in [1.807, 2.05) is 105 Å². The number of para-hydroxylation sites is 2. The number of rotatable bonds is 0. The summed E-state index contributed by atoms with van der Waals surface area (Å²) in [6.45, 7) is 5.98. The molecule has 0 atom stereocenters. The molecule has 1 aromatic carbocycles. The molecule has 0 N–H and O–H groups in total. The first-order valence-electron chi connectivity index (χ1n) is 10.5. The highest BCUT2D eigenvalue weighted by atomic mass is 15.1. The molecule has 0 amide bonds. The Kier molecular flexibility index (Phi) is 8.67. The number of hydrogen-bond acceptors (Lipinski definition) is 4. The van der Waals surface area contributed by atoms with Gasteiger partial charge in [0.1, 0.15) is 22.8 Å². The van der Waals surface area contributed by atoms with Crippen LogP contribution in [0.15, 0.2) is 73.2 Å². The van der Waals surface area contributed by atoms with Crippen LogP contribution in [0.5, 0.6) is 0 Å². The Morgan fingerprint density at radius 3 is 2.03 bits per heavy atom. The van der Waals surface area contributed by atoms with Crippen LogP contribution in [0.3, 0.4) is 0 Å². The zero-order chi connectivity index (χ0) is 22.7. The summed E-state index contributed by atoms with van der Waals surface area (Å²) in [6, 6.07) is 18.0. The maximum atomic E-state index is 4.38.